The molecule has 3 N–H and O–H groups in total. The summed E-state index contributed by atoms with van der Waals surface area (Å²) in [5.74, 6) is -4.08. The number of methoxy groups -OCH3 is 1. The molecule has 7 nitrogen and oxygen atoms in total. The van der Waals surface area contributed by atoms with Gasteiger partial charge in [0, 0.05) is 18.0 Å². The molecular formula is C21H13ClF3N5O2. The van der Waals surface area contributed by atoms with E-state index in [2.05, 4.69) is 20.3 Å². The fourth-order valence-corrected chi connectivity index (χ4v) is 3.27. The highest BCUT2D eigenvalue weighted by atomic mass is 35.5. The standard InChI is InChI=1S/C21H13ClF3N5O2/c1-32-20-11(6-9(22)7-27-20)19(31)29-15-5-3-13(23)16(18(15)25)10-2-4-14-12(17(10)24)8-28-21(26)30-14/h2-8H,1H3,(H,29,31)(H2,26,28,30). The zero-order valence-corrected chi connectivity index (χ0v) is 17.0. The van der Waals surface area contributed by atoms with Gasteiger partial charge in [0.2, 0.25) is 11.8 Å². The van der Waals surface area contributed by atoms with Crippen molar-refractivity contribution < 1.29 is 22.7 Å². The SMILES string of the molecule is COc1ncc(Cl)cc1C(=O)Nc1ccc(F)c(-c2ccc3nc(N)ncc3c2F)c1F. The lowest BCUT2D eigenvalue weighted by atomic mass is 10.0. The third-order valence-corrected chi connectivity index (χ3v) is 4.79. The van der Waals surface area contributed by atoms with E-state index in [1.807, 2.05) is 0 Å². The average molecular weight is 460 g/mol. The predicted molar refractivity (Wildman–Crippen MR) is 113 cm³/mol. The summed E-state index contributed by atoms with van der Waals surface area (Å²) in [6.45, 7) is 0. The van der Waals surface area contributed by atoms with E-state index in [0.717, 1.165) is 18.3 Å². The smallest absolute Gasteiger partial charge is 0.261 e. The van der Waals surface area contributed by atoms with Crippen LogP contribution >= 0.6 is 11.6 Å². The number of carbonyl (C=O) groups is 1. The minimum Gasteiger partial charge on any atom is -0.480 e. The summed E-state index contributed by atoms with van der Waals surface area (Å²) in [5.41, 5.74) is 4.15. The largest absolute Gasteiger partial charge is 0.480 e. The molecule has 2 heterocycles. The number of nitrogen functional groups attached to an aromatic ring is 1. The van der Waals surface area contributed by atoms with Gasteiger partial charge < -0.3 is 15.8 Å². The maximum atomic E-state index is 15.3. The maximum absolute atomic E-state index is 15.3. The number of rotatable bonds is 4. The molecule has 11 heteroatoms. The summed E-state index contributed by atoms with van der Waals surface area (Å²) in [5, 5.41) is 2.39. The van der Waals surface area contributed by atoms with Crippen molar-refractivity contribution in [2.45, 2.75) is 0 Å². The Morgan fingerprint density at radius 2 is 1.88 bits per heavy atom. The van der Waals surface area contributed by atoms with Crippen molar-refractivity contribution in [2.24, 2.45) is 0 Å². The van der Waals surface area contributed by atoms with Gasteiger partial charge in [0.05, 0.1) is 34.3 Å². The molecule has 0 aliphatic rings. The number of benzene rings is 2. The predicted octanol–water partition coefficient (Wildman–Crippen LogP) is 4.61. The number of hydrogen-bond acceptors (Lipinski definition) is 6. The van der Waals surface area contributed by atoms with E-state index in [4.69, 9.17) is 22.1 Å². The Hall–Kier alpha value is -3.92. The van der Waals surface area contributed by atoms with Crippen molar-refractivity contribution in [3.05, 3.63) is 70.8 Å². The fraction of sp³-hybridized carbons (Fsp3) is 0.0476. The van der Waals surface area contributed by atoms with Crippen LogP contribution in [0.4, 0.5) is 24.8 Å². The van der Waals surface area contributed by atoms with Crippen LogP contribution in [0.15, 0.2) is 42.7 Å². The Labute approximate surface area is 184 Å². The molecule has 1 amide bonds. The van der Waals surface area contributed by atoms with E-state index >= 15 is 8.78 Å². The van der Waals surface area contributed by atoms with Crippen LogP contribution in [0.3, 0.4) is 0 Å². The molecule has 0 aliphatic carbocycles. The molecule has 0 atom stereocenters. The quantitative estimate of drug-likeness (QED) is 0.462. The molecule has 0 fully saturated rings. The van der Waals surface area contributed by atoms with Gasteiger partial charge in [-0.25, -0.2) is 28.1 Å². The summed E-state index contributed by atoms with van der Waals surface area (Å²) in [7, 11) is 1.30. The molecular weight excluding hydrogens is 447 g/mol. The Kier molecular flexibility index (Phi) is 5.54. The van der Waals surface area contributed by atoms with E-state index in [1.165, 1.54) is 31.5 Å². The molecule has 32 heavy (non-hydrogen) atoms. The molecule has 2 aromatic heterocycles. The van der Waals surface area contributed by atoms with Crippen LogP contribution in [0.2, 0.25) is 5.02 Å². The molecule has 0 saturated heterocycles. The summed E-state index contributed by atoms with van der Waals surface area (Å²) in [4.78, 5) is 24.1. The van der Waals surface area contributed by atoms with E-state index in [0.29, 0.717) is 0 Å². The van der Waals surface area contributed by atoms with Crippen molar-refractivity contribution in [1.29, 1.82) is 0 Å². The molecule has 2 aromatic carbocycles. The van der Waals surface area contributed by atoms with E-state index in [-0.39, 0.29) is 44.6 Å². The van der Waals surface area contributed by atoms with Gasteiger partial charge in [-0.1, -0.05) is 11.6 Å². The Bertz CT molecular complexity index is 1380. The number of anilines is 2. The van der Waals surface area contributed by atoms with Gasteiger partial charge in [-0.15, -0.1) is 0 Å². The van der Waals surface area contributed by atoms with Crippen molar-refractivity contribution in [2.75, 3.05) is 18.2 Å². The van der Waals surface area contributed by atoms with Crippen molar-refractivity contribution in [3.8, 4) is 17.0 Å². The second kappa shape index (κ2) is 8.31. The Balaban J connectivity index is 1.79. The highest BCUT2D eigenvalue weighted by molar-refractivity contribution is 6.31. The number of carbonyl (C=O) groups excluding carboxylic acids is 1. The first-order valence-corrected chi connectivity index (χ1v) is 9.38. The number of ether oxygens (including phenoxy) is 1. The summed E-state index contributed by atoms with van der Waals surface area (Å²) in [6.07, 6.45) is 2.39. The monoisotopic (exact) mass is 459 g/mol. The Morgan fingerprint density at radius 1 is 1.09 bits per heavy atom. The first kappa shape index (κ1) is 21.3. The number of fused-ring (bicyclic) bond motifs is 1. The normalized spacial score (nSPS) is 10.9. The molecule has 0 saturated carbocycles. The fourth-order valence-electron chi connectivity index (χ4n) is 3.12. The highest BCUT2D eigenvalue weighted by Gasteiger charge is 2.23. The molecule has 162 valence electrons. The van der Waals surface area contributed by atoms with Gasteiger partial charge in [0.15, 0.2) is 5.82 Å². The number of hydrogen-bond donors (Lipinski definition) is 2. The van der Waals surface area contributed by atoms with Crippen LogP contribution in [-0.2, 0) is 0 Å². The van der Waals surface area contributed by atoms with E-state index in [1.54, 1.807) is 0 Å². The molecule has 4 aromatic rings. The number of amides is 1. The molecule has 4 rings (SSSR count). The summed E-state index contributed by atoms with van der Waals surface area (Å²) >= 11 is 5.87. The molecule has 0 radical (unpaired) electrons. The zero-order valence-electron chi connectivity index (χ0n) is 16.3. The summed E-state index contributed by atoms with van der Waals surface area (Å²) < 4.78 is 49.9. The van der Waals surface area contributed by atoms with Crippen molar-refractivity contribution in [3.63, 3.8) is 0 Å². The van der Waals surface area contributed by atoms with Gasteiger partial charge in [-0.3, -0.25) is 4.79 Å². The number of nitrogens with zero attached hydrogens (tertiary/aromatic N) is 3. The number of halogens is 4. The third-order valence-electron chi connectivity index (χ3n) is 4.58. The third kappa shape index (κ3) is 3.76. The number of pyridine rings is 1. The van der Waals surface area contributed by atoms with Crippen LogP contribution in [0.5, 0.6) is 5.88 Å². The lowest BCUT2D eigenvalue weighted by Gasteiger charge is -2.13. The van der Waals surface area contributed by atoms with Crippen LogP contribution in [-0.4, -0.2) is 28.0 Å². The van der Waals surface area contributed by atoms with Crippen LogP contribution in [0, 0.1) is 17.5 Å². The molecule has 0 aliphatic heterocycles. The Morgan fingerprint density at radius 3 is 2.62 bits per heavy atom. The number of aromatic nitrogens is 3. The zero-order chi connectivity index (χ0) is 23.0. The number of nitrogens with one attached hydrogen (secondary N) is 1. The number of nitrogens with two attached hydrogens (primary N) is 1. The van der Waals surface area contributed by atoms with Crippen molar-refractivity contribution >= 4 is 40.0 Å². The van der Waals surface area contributed by atoms with Gasteiger partial charge in [-0.05, 0) is 30.3 Å². The molecule has 0 bridgehead atoms. The van der Waals surface area contributed by atoms with Gasteiger partial charge in [0.25, 0.3) is 5.91 Å². The summed E-state index contributed by atoms with van der Waals surface area (Å²) in [6, 6.07) is 5.73. The van der Waals surface area contributed by atoms with E-state index in [9.17, 15) is 9.18 Å². The average Bonchev–Trinajstić information content (AvgIpc) is 2.77. The van der Waals surface area contributed by atoms with Crippen LogP contribution in [0.1, 0.15) is 10.4 Å². The molecule has 0 spiro atoms. The lowest BCUT2D eigenvalue weighted by Crippen LogP contribution is -2.15. The van der Waals surface area contributed by atoms with Gasteiger partial charge in [0.1, 0.15) is 17.2 Å². The highest BCUT2D eigenvalue weighted by Crippen LogP contribution is 2.35. The van der Waals surface area contributed by atoms with Crippen molar-refractivity contribution in [1.82, 2.24) is 15.0 Å². The first-order chi connectivity index (χ1) is 15.3. The first-order valence-electron chi connectivity index (χ1n) is 9.00. The lowest BCUT2D eigenvalue weighted by molar-refractivity contribution is 0.102. The van der Waals surface area contributed by atoms with Gasteiger partial charge in [-0.2, -0.15) is 0 Å². The van der Waals surface area contributed by atoms with E-state index < -0.39 is 28.9 Å². The second-order valence-corrected chi connectivity index (χ2v) is 6.97. The van der Waals surface area contributed by atoms with Gasteiger partial charge >= 0.3 is 0 Å². The molecule has 0 unspecified atom stereocenters. The maximum Gasteiger partial charge on any atom is 0.261 e. The second-order valence-electron chi connectivity index (χ2n) is 6.54. The minimum absolute atomic E-state index is 0.0468. The van der Waals surface area contributed by atoms with Crippen LogP contribution < -0.4 is 15.8 Å². The van der Waals surface area contributed by atoms with Crippen LogP contribution in [0.25, 0.3) is 22.0 Å². The topological polar surface area (TPSA) is 103 Å². The minimum atomic E-state index is -1.18.